The van der Waals surface area contributed by atoms with E-state index in [-0.39, 0.29) is 0 Å². The van der Waals surface area contributed by atoms with Crippen LogP contribution >= 0.6 is 23.5 Å². The summed E-state index contributed by atoms with van der Waals surface area (Å²) in [5.41, 5.74) is 8.28. The van der Waals surface area contributed by atoms with Crippen LogP contribution in [-0.4, -0.2) is 11.0 Å². The molecule has 7 aromatic carbocycles. The van der Waals surface area contributed by atoms with Crippen molar-refractivity contribution in [3.05, 3.63) is 144 Å². The molecule has 3 heterocycles. The maximum atomic E-state index is 6.11. The SMILES string of the molecule is C1=C(C2CCCS2)SC(c2ccc(-c3ccc4c5ccc(-c6ccc7oc8ccccc8c7c6)cc5c5ccccc5c4c3)cc2)C1. The molecule has 2 atom stereocenters. The lowest BCUT2D eigenvalue weighted by Gasteiger charge is -2.15. The lowest BCUT2D eigenvalue weighted by atomic mass is 9.90. The lowest BCUT2D eigenvalue weighted by molar-refractivity contribution is 0.669. The van der Waals surface area contributed by atoms with E-state index in [1.807, 2.05) is 12.1 Å². The molecule has 47 heavy (non-hydrogen) atoms. The first-order chi connectivity index (χ1) is 23.3. The van der Waals surface area contributed by atoms with Gasteiger partial charge in [0, 0.05) is 21.3 Å². The Morgan fingerprint density at radius 3 is 1.77 bits per heavy atom. The molecular weight excluding hydrogens is 609 g/mol. The van der Waals surface area contributed by atoms with Gasteiger partial charge in [-0.1, -0.05) is 103 Å². The van der Waals surface area contributed by atoms with Gasteiger partial charge in [-0.2, -0.15) is 11.8 Å². The number of furan rings is 1. The smallest absolute Gasteiger partial charge is 0.135 e. The predicted molar refractivity (Wildman–Crippen MR) is 206 cm³/mol. The van der Waals surface area contributed by atoms with Gasteiger partial charge in [-0.05, 0) is 120 Å². The van der Waals surface area contributed by atoms with E-state index in [2.05, 4.69) is 145 Å². The molecule has 0 saturated carbocycles. The summed E-state index contributed by atoms with van der Waals surface area (Å²) in [6.07, 6.45) is 6.38. The van der Waals surface area contributed by atoms with Crippen molar-refractivity contribution in [2.24, 2.45) is 0 Å². The molecule has 0 aliphatic carbocycles. The van der Waals surface area contributed by atoms with E-state index in [1.165, 1.54) is 78.7 Å². The minimum atomic E-state index is 0.554. The Kier molecular flexibility index (Phi) is 6.52. The predicted octanol–water partition coefficient (Wildman–Crippen LogP) is 13.3. The van der Waals surface area contributed by atoms with E-state index in [0.717, 1.165) is 33.6 Å². The van der Waals surface area contributed by atoms with E-state index in [4.69, 9.17) is 4.42 Å². The zero-order valence-corrected chi connectivity index (χ0v) is 27.5. The second-order valence-electron chi connectivity index (χ2n) is 12.9. The monoisotopic (exact) mass is 640 g/mol. The maximum Gasteiger partial charge on any atom is 0.135 e. The molecule has 226 valence electrons. The van der Waals surface area contributed by atoms with Crippen molar-refractivity contribution in [2.45, 2.75) is 29.8 Å². The summed E-state index contributed by atoms with van der Waals surface area (Å²) in [4.78, 5) is 1.62. The minimum absolute atomic E-state index is 0.554. The fraction of sp³-hybridized carbons (Fsp3) is 0.136. The van der Waals surface area contributed by atoms with Crippen LogP contribution in [-0.2, 0) is 0 Å². The van der Waals surface area contributed by atoms with Crippen LogP contribution in [0.5, 0.6) is 0 Å². The fourth-order valence-electron chi connectivity index (χ4n) is 7.81. The normalized spacial score (nSPS) is 18.3. The third-order valence-electron chi connectivity index (χ3n) is 10.2. The van der Waals surface area contributed by atoms with Gasteiger partial charge in [0.05, 0.1) is 0 Å². The van der Waals surface area contributed by atoms with Gasteiger partial charge in [0.15, 0.2) is 0 Å². The topological polar surface area (TPSA) is 13.1 Å². The number of rotatable bonds is 4. The van der Waals surface area contributed by atoms with Crippen molar-refractivity contribution < 1.29 is 4.42 Å². The van der Waals surface area contributed by atoms with Crippen LogP contribution < -0.4 is 0 Å². The van der Waals surface area contributed by atoms with Gasteiger partial charge >= 0.3 is 0 Å². The maximum absolute atomic E-state index is 6.11. The van der Waals surface area contributed by atoms with Crippen LogP contribution in [0.15, 0.2) is 143 Å². The minimum Gasteiger partial charge on any atom is -0.456 e. The first kappa shape index (κ1) is 27.7. The van der Waals surface area contributed by atoms with Crippen LogP contribution in [0.25, 0.3) is 76.5 Å². The van der Waals surface area contributed by atoms with E-state index >= 15 is 0 Å². The average Bonchev–Trinajstić information content (AvgIpc) is 3.92. The number of hydrogen-bond donors (Lipinski definition) is 0. The quantitative estimate of drug-likeness (QED) is 0.178. The molecule has 2 unspecified atom stereocenters. The summed E-state index contributed by atoms with van der Waals surface area (Å²) in [5.74, 6) is 1.32. The van der Waals surface area contributed by atoms with Gasteiger partial charge in [0.2, 0.25) is 0 Å². The first-order valence-corrected chi connectivity index (χ1v) is 18.6. The van der Waals surface area contributed by atoms with Gasteiger partial charge in [0.1, 0.15) is 11.2 Å². The van der Waals surface area contributed by atoms with Crippen LogP contribution in [0.2, 0.25) is 0 Å². The Bertz CT molecular complexity index is 2510. The van der Waals surface area contributed by atoms with Crippen molar-refractivity contribution in [3.63, 3.8) is 0 Å². The molecule has 3 heteroatoms. The van der Waals surface area contributed by atoms with E-state index in [9.17, 15) is 0 Å². The average molecular weight is 641 g/mol. The third kappa shape index (κ3) is 4.63. The fourth-order valence-corrected chi connectivity index (χ4v) is 10.7. The molecular formula is C44H32OS2. The van der Waals surface area contributed by atoms with Crippen molar-refractivity contribution >= 4 is 77.8 Å². The molecule has 1 aromatic heterocycles. The standard InChI is InChI=1S/C44H32OS2/c1-2-7-33-32(6-1)37-24-29(27-11-13-28(14-12-27)42-21-22-44(47-42)43-10-5-23-46-43)15-18-34(37)35-19-16-30(25-38(33)35)31-17-20-41-39(26-31)36-8-3-4-9-40(36)45-41/h1-4,6-9,11-20,22,24-26,42-43H,5,10,21,23H2. The molecule has 0 N–H and O–H groups in total. The van der Waals surface area contributed by atoms with Crippen molar-refractivity contribution in [3.8, 4) is 22.3 Å². The van der Waals surface area contributed by atoms with E-state index in [1.54, 1.807) is 4.91 Å². The Balaban J connectivity index is 1.03. The highest BCUT2D eigenvalue weighted by Gasteiger charge is 2.27. The summed E-state index contributed by atoms with van der Waals surface area (Å²) in [7, 11) is 0. The number of benzene rings is 7. The molecule has 1 nitrogen and oxygen atoms in total. The summed E-state index contributed by atoms with van der Waals surface area (Å²) in [6.45, 7) is 0. The molecule has 0 spiro atoms. The summed E-state index contributed by atoms with van der Waals surface area (Å²) < 4.78 is 6.11. The van der Waals surface area contributed by atoms with Gasteiger partial charge in [-0.25, -0.2) is 0 Å². The number of allylic oxidation sites excluding steroid dienone is 1. The molecule has 10 rings (SSSR count). The Labute approximate surface area is 282 Å². The van der Waals surface area contributed by atoms with Gasteiger partial charge in [-0.3, -0.25) is 0 Å². The van der Waals surface area contributed by atoms with Crippen LogP contribution in [0.4, 0.5) is 0 Å². The van der Waals surface area contributed by atoms with Crippen molar-refractivity contribution in [2.75, 3.05) is 5.75 Å². The second-order valence-corrected chi connectivity index (χ2v) is 15.5. The van der Waals surface area contributed by atoms with Gasteiger partial charge in [-0.15, -0.1) is 11.8 Å². The molecule has 1 fully saturated rings. The van der Waals surface area contributed by atoms with Crippen molar-refractivity contribution in [1.29, 1.82) is 0 Å². The lowest BCUT2D eigenvalue weighted by Crippen LogP contribution is -1.96. The summed E-state index contributed by atoms with van der Waals surface area (Å²) >= 11 is 4.25. The summed E-state index contributed by atoms with van der Waals surface area (Å²) in [6, 6.07) is 47.1. The van der Waals surface area contributed by atoms with Crippen molar-refractivity contribution in [1.82, 2.24) is 0 Å². The van der Waals surface area contributed by atoms with Crippen LogP contribution in [0.3, 0.4) is 0 Å². The number of fused-ring (bicyclic) bond motifs is 9. The first-order valence-electron chi connectivity index (χ1n) is 16.7. The van der Waals surface area contributed by atoms with Gasteiger partial charge in [0.25, 0.3) is 0 Å². The van der Waals surface area contributed by atoms with Crippen LogP contribution in [0.1, 0.15) is 30.1 Å². The molecule has 2 aliphatic heterocycles. The number of thioether (sulfide) groups is 2. The van der Waals surface area contributed by atoms with E-state index < -0.39 is 0 Å². The van der Waals surface area contributed by atoms with Crippen LogP contribution in [0, 0.1) is 0 Å². The molecule has 0 radical (unpaired) electrons. The third-order valence-corrected chi connectivity index (χ3v) is 13.3. The molecule has 2 aliphatic rings. The largest absolute Gasteiger partial charge is 0.456 e. The van der Waals surface area contributed by atoms with E-state index in [0.29, 0.717) is 5.25 Å². The van der Waals surface area contributed by atoms with Gasteiger partial charge < -0.3 is 4.42 Å². The second kappa shape index (κ2) is 11.1. The highest BCUT2D eigenvalue weighted by molar-refractivity contribution is 8.06. The Morgan fingerprint density at radius 1 is 0.489 bits per heavy atom. The number of hydrogen-bond acceptors (Lipinski definition) is 3. The molecule has 8 aromatic rings. The number of para-hydroxylation sites is 1. The zero-order valence-electron chi connectivity index (χ0n) is 25.9. The highest BCUT2D eigenvalue weighted by Crippen LogP contribution is 2.50. The molecule has 1 saturated heterocycles. The summed E-state index contributed by atoms with van der Waals surface area (Å²) in [5, 5.41) is 11.4. The Morgan fingerprint density at radius 2 is 1.06 bits per heavy atom. The molecule has 0 amide bonds. The molecule has 0 bridgehead atoms. The highest BCUT2D eigenvalue weighted by atomic mass is 32.2. The Hall–Kier alpha value is -4.44. The zero-order chi connectivity index (χ0) is 30.9.